The van der Waals surface area contributed by atoms with Crippen LogP contribution in [0.4, 0.5) is 4.79 Å². The summed E-state index contributed by atoms with van der Waals surface area (Å²) in [5.41, 5.74) is 4.56. The van der Waals surface area contributed by atoms with Crippen LogP contribution in [0.5, 0.6) is 0 Å². The average Bonchev–Trinajstić information content (AvgIpc) is 3.16. The highest BCUT2D eigenvalue weighted by Crippen LogP contribution is 2.44. The Morgan fingerprint density at radius 3 is 2.18 bits per heavy atom. The topological polar surface area (TPSA) is 105 Å². The molecule has 0 bridgehead atoms. The normalized spacial score (nSPS) is 16.2. The molecule has 2 aliphatic rings. The third kappa shape index (κ3) is 5.76. The van der Waals surface area contributed by atoms with Crippen molar-refractivity contribution in [1.29, 1.82) is 0 Å². The van der Waals surface area contributed by atoms with Crippen LogP contribution >= 0.6 is 0 Å². The molecule has 2 aromatic carbocycles. The van der Waals surface area contributed by atoms with Crippen LogP contribution in [-0.4, -0.2) is 42.3 Å². The van der Waals surface area contributed by atoms with Crippen LogP contribution in [0.3, 0.4) is 0 Å². The molecule has 3 N–H and O–H groups in total. The minimum Gasteiger partial charge on any atom is -0.481 e. The van der Waals surface area contributed by atoms with Crippen molar-refractivity contribution in [3.63, 3.8) is 0 Å². The molecule has 1 atom stereocenters. The number of carboxylic acid groups (broad SMARTS) is 1. The van der Waals surface area contributed by atoms with E-state index in [0.717, 1.165) is 47.9 Å². The van der Waals surface area contributed by atoms with Gasteiger partial charge in [-0.25, -0.2) is 4.79 Å². The molecular weight excluding hydrogens is 432 g/mol. The van der Waals surface area contributed by atoms with Crippen LogP contribution in [0, 0.1) is 5.92 Å². The summed E-state index contributed by atoms with van der Waals surface area (Å²) >= 11 is 0. The van der Waals surface area contributed by atoms with Gasteiger partial charge < -0.3 is 20.5 Å². The van der Waals surface area contributed by atoms with Crippen molar-refractivity contribution in [3.8, 4) is 11.1 Å². The van der Waals surface area contributed by atoms with Gasteiger partial charge in [-0.05, 0) is 34.6 Å². The lowest BCUT2D eigenvalue weighted by atomic mass is 9.84. The van der Waals surface area contributed by atoms with E-state index in [9.17, 15) is 14.4 Å². The van der Waals surface area contributed by atoms with Gasteiger partial charge in [0.25, 0.3) is 0 Å². The molecule has 4 rings (SSSR count). The standard InChI is InChI=1S/C27H32N2O5/c30-25(31)14-15-28-26(32)24(16-18-8-2-1-3-9-18)29-27(33)34-17-23-21-12-6-4-10-19(21)20-11-5-7-13-22(20)23/h4-7,10-13,18,23-24H,1-3,8-9,14-17H2,(H,28,32)(H,29,33)(H,30,31). The van der Waals surface area contributed by atoms with Gasteiger partial charge >= 0.3 is 12.1 Å². The van der Waals surface area contributed by atoms with Gasteiger partial charge in [-0.2, -0.15) is 0 Å². The van der Waals surface area contributed by atoms with Crippen molar-refractivity contribution in [3.05, 3.63) is 59.7 Å². The second kappa shape index (κ2) is 11.2. The first kappa shape index (κ1) is 23.8. The molecule has 2 aromatic rings. The summed E-state index contributed by atoms with van der Waals surface area (Å²) < 4.78 is 5.63. The molecule has 0 saturated heterocycles. The fourth-order valence-corrected chi connectivity index (χ4v) is 5.19. The van der Waals surface area contributed by atoms with Gasteiger partial charge in [0.1, 0.15) is 12.6 Å². The maximum absolute atomic E-state index is 12.8. The number of carbonyl (C=O) groups excluding carboxylic acids is 2. The monoisotopic (exact) mass is 464 g/mol. The fraction of sp³-hybridized carbons (Fsp3) is 0.444. The molecule has 0 aromatic heterocycles. The molecule has 1 unspecified atom stereocenters. The molecule has 0 spiro atoms. The highest BCUT2D eigenvalue weighted by atomic mass is 16.5. The molecule has 0 heterocycles. The van der Waals surface area contributed by atoms with Gasteiger partial charge in [-0.15, -0.1) is 0 Å². The summed E-state index contributed by atoms with van der Waals surface area (Å²) in [7, 11) is 0. The molecule has 1 fully saturated rings. The van der Waals surface area contributed by atoms with Crippen molar-refractivity contribution >= 4 is 18.0 Å². The summed E-state index contributed by atoms with van der Waals surface area (Å²) in [5, 5.41) is 14.2. The van der Waals surface area contributed by atoms with Gasteiger partial charge in [-0.3, -0.25) is 9.59 Å². The van der Waals surface area contributed by atoms with Crippen LogP contribution < -0.4 is 10.6 Å². The number of amides is 2. The summed E-state index contributed by atoms with van der Waals surface area (Å²) in [6.45, 7) is 0.207. The Kier molecular flexibility index (Phi) is 7.83. The maximum atomic E-state index is 12.8. The van der Waals surface area contributed by atoms with E-state index in [4.69, 9.17) is 9.84 Å². The van der Waals surface area contributed by atoms with Crippen molar-refractivity contribution in [2.24, 2.45) is 5.92 Å². The summed E-state index contributed by atoms with van der Waals surface area (Å²) in [6, 6.07) is 15.5. The molecule has 0 radical (unpaired) electrons. The number of aliphatic carboxylic acids is 1. The minimum absolute atomic E-state index is 0.0295. The van der Waals surface area contributed by atoms with Gasteiger partial charge in [0.2, 0.25) is 5.91 Å². The Morgan fingerprint density at radius 2 is 1.56 bits per heavy atom. The molecule has 7 nitrogen and oxygen atoms in total. The number of alkyl carbamates (subject to hydrolysis) is 1. The lowest BCUT2D eigenvalue weighted by molar-refractivity contribution is -0.137. The highest BCUT2D eigenvalue weighted by molar-refractivity contribution is 5.86. The van der Waals surface area contributed by atoms with Crippen LogP contribution in [0.15, 0.2) is 48.5 Å². The Balaban J connectivity index is 1.39. The average molecular weight is 465 g/mol. The van der Waals surface area contributed by atoms with Crippen LogP contribution in [0.2, 0.25) is 0 Å². The Morgan fingerprint density at radius 1 is 0.941 bits per heavy atom. The van der Waals surface area contributed by atoms with E-state index in [-0.39, 0.29) is 31.4 Å². The minimum atomic E-state index is -0.978. The van der Waals surface area contributed by atoms with E-state index in [2.05, 4.69) is 34.9 Å². The maximum Gasteiger partial charge on any atom is 0.407 e. The van der Waals surface area contributed by atoms with Crippen molar-refractivity contribution < 1.29 is 24.2 Å². The van der Waals surface area contributed by atoms with Crippen molar-refractivity contribution in [2.75, 3.05) is 13.2 Å². The zero-order valence-corrected chi connectivity index (χ0v) is 19.3. The van der Waals surface area contributed by atoms with E-state index in [0.29, 0.717) is 12.3 Å². The summed E-state index contributed by atoms with van der Waals surface area (Å²) in [4.78, 5) is 36.3. The van der Waals surface area contributed by atoms with Crippen LogP contribution in [0.25, 0.3) is 11.1 Å². The van der Waals surface area contributed by atoms with E-state index < -0.39 is 18.1 Å². The zero-order valence-electron chi connectivity index (χ0n) is 19.3. The highest BCUT2D eigenvalue weighted by Gasteiger charge is 2.30. The molecule has 180 valence electrons. The summed E-state index contributed by atoms with van der Waals surface area (Å²) in [5.74, 6) is -1.04. The Bertz CT molecular complexity index is 986. The zero-order chi connectivity index (χ0) is 23.9. The first-order valence-corrected chi connectivity index (χ1v) is 12.1. The fourth-order valence-electron chi connectivity index (χ4n) is 5.19. The molecule has 0 aliphatic heterocycles. The van der Waals surface area contributed by atoms with Crippen LogP contribution in [-0.2, 0) is 14.3 Å². The number of ether oxygens (including phenoxy) is 1. The lowest BCUT2D eigenvalue weighted by Gasteiger charge is -2.26. The van der Waals surface area contributed by atoms with Gasteiger partial charge in [0, 0.05) is 12.5 Å². The van der Waals surface area contributed by atoms with E-state index in [1.807, 2.05) is 24.3 Å². The number of hydrogen-bond acceptors (Lipinski definition) is 4. The van der Waals surface area contributed by atoms with Crippen molar-refractivity contribution in [2.45, 2.75) is 56.9 Å². The third-order valence-corrected chi connectivity index (χ3v) is 6.88. The molecule has 2 aliphatic carbocycles. The Hall–Kier alpha value is -3.35. The molecule has 7 heteroatoms. The van der Waals surface area contributed by atoms with Gasteiger partial charge in [-0.1, -0.05) is 80.6 Å². The second-order valence-electron chi connectivity index (χ2n) is 9.20. The predicted octanol–water partition coefficient (Wildman–Crippen LogP) is 4.46. The number of carboxylic acids is 1. The largest absolute Gasteiger partial charge is 0.481 e. The predicted molar refractivity (Wildman–Crippen MR) is 128 cm³/mol. The lowest BCUT2D eigenvalue weighted by Crippen LogP contribution is -2.48. The molecular formula is C27H32N2O5. The quantitative estimate of drug-likeness (QED) is 0.508. The smallest absolute Gasteiger partial charge is 0.407 e. The van der Waals surface area contributed by atoms with Gasteiger partial charge in [0.15, 0.2) is 0 Å². The second-order valence-corrected chi connectivity index (χ2v) is 9.20. The number of fused-ring (bicyclic) bond motifs is 3. The molecule has 2 amide bonds. The van der Waals surface area contributed by atoms with E-state index in [1.165, 1.54) is 6.42 Å². The first-order chi connectivity index (χ1) is 16.5. The number of hydrogen-bond donors (Lipinski definition) is 3. The summed E-state index contributed by atoms with van der Waals surface area (Å²) in [6.07, 6.45) is 5.26. The third-order valence-electron chi connectivity index (χ3n) is 6.88. The van der Waals surface area contributed by atoms with Gasteiger partial charge in [0.05, 0.1) is 6.42 Å². The van der Waals surface area contributed by atoms with E-state index >= 15 is 0 Å². The number of carbonyl (C=O) groups is 3. The van der Waals surface area contributed by atoms with Crippen LogP contribution in [0.1, 0.15) is 62.0 Å². The number of rotatable bonds is 9. The molecule has 1 saturated carbocycles. The number of nitrogens with one attached hydrogen (secondary N) is 2. The van der Waals surface area contributed by atoms with Crippen molar-refractivity contribution in [1.82, 2.24) is 10.6 Å². The molecule has 34 heavy (non-hydrogen) atoms. The van der Waals surface area contributed by atoms with E-state index in [1.54, 1.807) is 0 Å². The SMILES string of the molecule is O=C(O)CCNC(=O)C(CC1CCCCC1)NC(=O)OCC1c2ccccc2-c2ccccc21. The number of benzene rings is 2. The first-order valence-electron chi connectivity index (χ1n) is 12.1. The Labute approximate surface area is 199 Å².